The Morgan fingerprint density at radius 3 is 1.91 bits per heavy atom. The highest BCUT2D eigenvalue weighted by Gasteiger charge is 2.15. The van der Waals surface area contributed by atoms with Gasteiger partial charge in [0, 0.05) is 18.7 Å². The molecule has 7 nitrogen and oxygen atoms in total. The summed E-state index contributed by atoms with van der Waals surface area (Å²) in [4.78, 5) is 22.5. The Balaban J connectivity index is 3.32. The van der Waals surface area contributed by atoms with Crippen molar-refractivity contribution in [3.8, 4) is 0 Å². The van der Waals surface area contributed by atoms with Gasteiger partial charge in [0.15, 0.2) is 0 Å². The molecule has 0 aliphatic heterocycles. The molecule has 0 aromatic rings. The fourth-order valence-corrected chi connectivity index (χ4v) is 1.25. The average molecular weight is 316 g/mol. The number of alkyl carbamates (subject to hydrolysis) is 1. The largest absolute Gasteiger partial charge is 0.444 e. The maximum Gasteiger partial charge on any atom is 0.407 e. The molecule has 7 heteroatoms. The molecule has 0 aliphatic carbocycles. The third-order valence-electron chi connectivity index (χ3n) is 2.21. The summed E-state index contributed by atoms with van der Waals surface area (Å²) in [6, 6.07) is 0. The van der Waals surface area contributed by atoms with Crippen LogP contribution in [-0.4, -0.2) is 57.1 Å². The fourth-order valence-electron chi connectivity index (χ4n) is 1.25. The van der Waals surface area contributed by atoms with Crippen LogP contribution in [0, 0.1) is 0 Å². The van der Waals surface area contributed by atoms with E-state index in [9.17, 15) is 9.59 Å². The van der Waals surface area contributed by atoms with Crippen molar-refractivity contribution in [3.05, 3.63) is 12.2 Å². The zero-order chi connectivity index (χ0) is 17.0. The Morgan fingerprint density at radius 1 is 0.955 bits per heavy atom. The Morgan fingerprint density at radius 2 is 1.45 bits per heavy atom. The maximum absolute atomic E-state index is 11.3. The molecule has 0 heterocycles. The first-order valence-electron chi connectivity index (χ1n) is 7.28. The van der Waals surface area contributed by atoms with E-state index in [1.54, 1.807) is 27.7 Å². The highest BCUT2D eigenvalue weighted by atomic mass is 16.6. The predicted octanol–water partition coefficient (Wildman–Crippen LogP) is 1.24. The van der Waals surface area contributed by atoms with Crippen molar-refractivity contribution in [2.24, 2.45) is 0 Å². The summed E-state index contributed by atoms with van der Waals surface area (Å²) in [6.07, 6.45) is -0.458. The monoisotopic (exact) mass is 316 g/mol. The standard InChI is InChI=1S/C15H28N2O5/c1-12(2)13(18)16-6-8-20-10-11-21-9-7-17-14(19)22-15(3,4)5/h1,6-11H2,2-5H3,(H,16,18)(H,17,19). The lowest BCUT2D eigenvalue weighted by atomic mass is 10.2. The van der Waals surface area contributed by atoms with E-state index in [2.05, 4.69) is 17.2 Å². The van der Waals surface area contributed by atoms with Gasteiger partial charge in [-0.1, -0.05) is 6.58 Å². The van der Waals surface area contributed by atoms with E-state index in [1.165, 1.54) is 0 Å². The van der Waals surface area contributed by atoms with Crippen LogP contribution >= 0.6 is 0 Å². The lowest BCUT2D eigenvalue weighted by Crippen LogP contribution is -2.34. The smallest absolute Gasteiger partial charge is 0.407 e. The van der Waals surface area contributed by atoms with Crippen molar-refractivity contribution in [2.75, 3.05) is 39.5 Å². The lowest BCUT2D eigenvalue weighted by Gasteiger charge is -2.19. The number of amides is 2. The van der Waals surface area contributed by atoms with Crippen LogP contribution in [0.4, 0.5) is 4.79 Å². The van der Waals surface area contributed by atoms with Gasteiger partial charge in [-0.05, 0) is 27.7 Å². The third-order valence-corrected chi connectivity index (χ3v) is 2.21. The van der Waals surface area contributed by atoms with Gasteiger partial charge in [0.1, 0.15) is 5.60 Å². The third kappa shape index (κ3) is 13.4. The molecule has 22 heavy (non-hydrogen) atoms. The van der Waals surface area contributed by atoms with Crippen molar-refractivity contribution >= 4 is 12.0 Å². The number of rotatable bonds is 10. The van der Waals surface area contributed by atoms with E-state index in [1.807, 2.05) is 0 Å². The van der Waals surface area contributed by atoms with Crippen molar-refractivity contribution in [1.82, 2.24) is 10.6 Å². The van der Waals surface area contributed by atoms with Gasteiger partial charge in [-0.15, -0.1) is 0 Å². The Bertz CT molecular complexity index is 363. The highest BCUT2D eigenvalue weighted by Crippen LogP contribution is 2.05. The van der Waals surface area contributed by atoms with Crippen LogP contribution in [0.25, 0.3) is 0 Å². The van der Waals surface area contributed by atoms with Gasteiger partial charge in [-0.3, -0.25) is 4.79 Å². The summed E-state index contributed by atoms with van der Waals surface area (Å²) in [5.41, 5.74) is -0.0287. The molecule has 2 N–H and O–H groups in total. The van der Waals surface area contributed by atoms with E-state index in [-0.39, 0.29) is 5.91 Å². The molecule has 0 radical (unpaired) electrons. The number of hydrogen-bond acceptors (Lipinski definition) is 5. The van der Waals surface area contributed by atoms with Gasteiger partial charge in [0.05, 0.1) is 26.4 Å². The molecule has 2 amide bonds. The first-order valence-corrected chi connectivity index (χ1v) is 7.28. The van der Waals surface area contributed by atoms with Gasteiger partial charge < -0.3 is 24.8 Å². The van der Waals surface area contributed by atoms with E-state index < -0.39 is 11.7 Å². The molecule has 0 saturated carbocycles. The summed E-state index contributed by atoms with van der Waals surface area (Å²) in [5.74, 6) is -0.173. The Kier molecular flexibility index (Phi) is 10.2. The van der Waals surface area contributed by atoms with Crippen molar-refractivity contribution in [2.45, 2.75) is 33.3 Å². The van der Waals surface area contributed by atoms with Crippen LogP contribution in [0.5, 0.6) is 0 Å². The molecule has 0 atom stereocenters. The zero-order valence-corrected chi connectivity index (χ0v) is 14.0. The molecule has 0 rings (SSSR count). The minimum absolute atomic E-state index is 0.173. The van der Waals surface area contributed by atoms with Gasteiger partial charge in [-0.2, -0.15) is 0 Å². The normalized spacial score (nSPS) is 10.9. The lowest BCUT2D eigenvalue weighted by molar-refractivity contribution is -0.117. The zero-order valence-electron chi connectivity index (χ0n) is 14.0. The van der Waals surface area contributed by atoms with E-state index in [4.69, 9.17) is 14.2 Å². The topological polar surface area (TPSA) is 85.9 Å². The molecule has 0 fully saturated rings. The number of carbonyl (C=O) groups is 2. The summed E-state index contributed by atoms with van der Waals surface area (Å²) in [5, 5.41) is 5.25. The minimum Gasteiger partial charge on any atom is -0.444 e. The minimum atomic E-state index is -0.502. The van der Waals surface area contributed by atoms with Crippen LogP contribution < -0.4 is 10.6 Å². The summed E-state index contributed by atoms with van der Waals surface area (Å²) >= 11 is 0. The van der Waals surface area contributed by atoms with Crippen LogP contribution in [0.2, 0.25) is 0 Å². The van der Waals surface area contributed by atoms with E-state index in [0.717, 1.165) is 0 Å². The van der Waals surface area contributed by atoms with Crippen molar-refractivity contribution in [1.29, 1.82) is 0 Å². The first-order chi connectivity index (χ1) is 10.2. The summed E-state index contributed by atoms with van der Waals surface area (Å²) in [6.45, 7) is 13.1. The summed E-state index contributed by atoms with van der Waals surface area (Å²) in [7, 11) is 0. The van der Waals surface area contributed by atoms with E-state index >= 15 is 0 Å². The molecule has 0 aliphatic rings. The van der Waals surface area contributed by atoms with Gasteiger partial charge >= 0.3 is 6.09 Å². The Labute approximate surface area is 132 Å². The van der Waals surface area contributed by atoms with Crippen LogP contribution in [0.3, 0.4) is 0 Å². The molecule has 0 bridgehead atoms. The molecule has 128 valence electrons. The van der Waals surface area contributed by atoms with Gasteiger partial charge in [-0.25, -0.2) is 4.79 Å². The second-order valence-electron chi connectivity index (χ2n) is 5.69. The summed E-state index contributed by atoms with van der Waals surface area (Å²) < 4.78 is 15.6. The van der Waals surface area contributed by atoms with Crippen molar-refractivity contribution in [3.63, 3.8) is 0 Å². The molecule has 0 aromatic heterocycles. The number of hydrogen-bond donors (Lipinski definition) is 2. The number of carbonyl (C=O) groups excluding carboxylic acids is 2. The molecule has 0 spiro atoms. The van der Waals surface area contributed by atoms with Crippen LogP contribution in [-0.2, 0) is 19.0 Å². The molecular weight excluding hydrogens is 288 g/mol. The molecule has 0 unspecified atom stereocenters. The molecular formula is C15H28N2O5. The second-order valence-corrected chi connectivity index (χ2v) is 5.69. The van der Waals surface area contributed by atoms with Gasteiger partial charge in [0.25, 0.3) is 0 Å². The number of ether oxygens (including phenoxy) is 3. The van der Waals surface area contributed by atoms with Crippen molar-refractivity contribution < 1.29 is 23.8 Å². The SMILES string of the molecule is C=C(C)C(=O)NCCOCCOCCNC(=O)OC(C)(C)C. The quantitative estimate of drug-likeness (QED) is 0.468. The van der Waals surface area contributed by atoms with Gasteiger partial charge in [0.2, 0.25) is 5.91 Å². The predicted molar refractivity (Wildman–Crippen MR) is 83.7 cm³/mol. The maximum atomic E-state index is 11.3. The molecule has 0 aromatic carbocycles. The highest BCUT2D eigenvalue weighted by molar-refractivity contribution is 5.92. The molecule has 0 saturated heterocycles. The van der Waals surface area contributed by atoms with E-state index in [0.29, 0.717) is 45.1 Å². The Hall–Kier alpha value is -1.60. The van der Waals surface area contributed by atoms with Crippen LogP contribution in [0.1, 0.15) is 27.7 Å². The van der Waals surface area contributed by atoms with Crippen LogP contribution in [0.15, 0.2) is 12.2 Å². The first kappa shape index (κ1) is 20.4. The average Bonchev–Trinajstić information content (AvgIpc) is 2.38. The fraction of sp³-hybridized carbons (Fsp3) is 0.733. The second kappa shape index (κ2) is 11.0. The number of nitrogens with one attached hydrogen (secondary N) is 2.